The quantitative estimate of drug-likeness (QED) is 0.893. The van der Waals surface area contributed by atoms with Gasteiger partial charge >= 0.3 is 0 Å². The lowest BCUT2D eigenvalue weighted by atomic mass is 9.81. The van der Waals surface area contributed by atoms with Crippen molar-refractivity contribution in [1.29, 1.82) is 0 Å². The molecule has 108 valence electrons. The van der Waals surface area contributed by atoms with Crippen LogP contribution in [0, 0.1) is 11.8 Å². The molecule has 2 N–H and O–H groups in total. The second kappa shape index (κ2) is 5.98. The maximum absolute atomic E-state index is 6.40. The van der Waals surface area contributed by atoms with Crippen molar-refractivity contribution < 1.29 is 0 Å². The standard InChI is InChI=1S/C16H29N3/c1-5-14-18-15(13-8-6-7-12(4)9-13)16(17)19(14)10-11(2)3/h11-13H,5-10,17H2,1-4H3. The minimum Gasteiger partial charge on any atom is -0.384 e. The van der Waals surface area contributed by atoms with E-state index in [-0.39, 0.29) is 0 Å². The maximum Gasteiger partial charge on any atom is 0.127 e. The number of imidazole rings is 1. The monoisotopic (exact) mass is 263 g/mol. The average molecular weight is 263 g/mol. The van der Waals surface area contributed by atoms with Crippen LogP contribution in [0.4, 0.5) is 5.82 Å². The van der Waals surface area contributed by atoms with Crippen LogP contribution in [0.3, 0.4) is 0 Å². The zero-order chi connectivity index (χ0) is 14.0. The van der Waals surface area contributed by atoms with E-state index in [0.29, 0.717) is 11.8 Å². The van der Waals surface area contributed by atoms with Crippen LogP contribution < -0.4 is 5.73 Å². The van der Waals surface area contributed by atoms with E-state index in [9.17, 15) is 0 Å². The fraction of sp³-hybridized carbons (Fsp3) is 0.812. The van der Waals surface area contributed by atoms with Crippen LogP contribution in [0.1, 0.15) is 70.8 Å². The predicted molar refractivity (Wildman–Crippen MR) is 81.2 cm³/mol. The Morgan fingerprint density at radius 2 is 2.11 bits per heavy atom. The first-order valence-corrected chi connectivity index (χ1v) is 7.87. The topological polar surface area (TPSA) is 43.8 Å². The number of anilines is 1. The summed E-state index contributed by atoms with van der Waals surface area (Å²) in [5, 5.41) is 0. The van der Waals surface area contributed by atoms with Gasteiger partial charge in [-0.2, -0.15) is 0 Å². The van der Waals surface area contributed by atoms with Crippen LogP contribution in [0.5, 0.6) is 0 Å². The molecule has 0 bridgehead atoms. The van der Waals surface area contributed by atoms with Gasteiger partial charge in [0, 0.05) is 18.9 Å². The fourth-order valence-electron chi connectivity index (χ4n) is 3.36. The molecule has 3 heteroatoms. The van der Waals surface area contributed by atoms with Gasteiger partial charge in [0.15, 0.2) is 0 Å². The number of nitrogens with zero attached hydrogens (tertiary/aromatic N) is 2. The van der Waals surface area contributed by atoms with Gasteiger partial charge in [0.2, 0.25) is 0 Å². The van der Waals surface area contributed by atoms with Crippen molar-refractivity contribution in [1.82, 2.24) is 9.55 Å². The molecule has 0 amide bonds. The zero-order valence-electron chi connectivity index (χ0n) is 12.9. The number of hydrogen-bond acceptors (Lipinski definition) is 2. The summed E-state index contributed by atoms with van der Waals surface area (Å²) in [4.78, 5) is 4.88. The smallest absolute Gasteiger partial charge is 0.127 e. The summed E-state index contributed by atoms with van der Waals surface area (Å²) in [6.07, 6.45) is 6.18. The maximum atomic E-state index is 6.40. The first-order valence-electron chi connectivity index (χ1n) is 7.87. The van der Waals surface area contributed by atoms with E-state index >= 15 is 0 Å². The van der Waals surface area contributed by atoms with E-state index in [4.69, 9.17) is 10.7 Å². The first-order chi connectivity index (χ1) is 9.02. The molecule has 0 aromatic carbocycles. The number of rotatable bonds is 4. The Bertz CT molecular complexity index is 420. The van der Waals surface area contributed by atoms with Gasteiger partial charge in [-0.05, 0) is 24.7 Å². The van der Waals surface area contributed by atoms with E-state index in [1.807, 2.05) is 0 Å². The van der Waals surface area contributed by atoms with Crippen molar-refractivity contribution in [3.8, 4) is 0 Å². The third kappa shape index (κ3) is 3.13. The van der Waals surface area contributed by atoms with Crippen LogP contribution in [0.15, 0.2) is 0 Å². The summed E-state index contributed by atoms with van der Waals surface area (Å²) >= 11 is 0. The van der Waals surface area contributed by atoms with Gasteiger partial charge in [-0.3, -0.25) is 0 Å². The highest BCUT2D eigenvalue weighted by Gasteiger charge is 2.26. The van der Waals surface area contributed by atoms with Gasteiger partial charge in [0.05, 0.1) is 5.69 Å². The van der Waals surface area contributed by atoms with Gasteiger partial charge in [0.1, 0.15) is 11.6 Å². The average Bonchev–Trinajstić information content (AvgIpc) is 2.66. The van der Waals surface area contributed by atoms with Crippen LogP contribution in [-0.4, -0.2) is 9.55 Å². The van der Waals surface area contributed by atoms with Crippen molar-refractivity contribution in [2.75, 3.05) is 5.73 Å². The van der Waals surface area contributed by atoms with Crippen LogP contribution in [-0.2, 0) is 13.0 Å². The molecule has 0 aliphatic heterocycles. The molecule has 1 heterocycles. The van der Waals surface area contributed by atoms with Crippen molar-refractivity contribution in [2.24, 2.45) is 11.8 Å². The van der Waals surface area contributed by atoms with E-state index in [2.05, 4.69) is 32.3 Å². The summed E-state index contributed by atoms with van der Waals surface area (Å²) in [5.74, 6) is 4.12. The second-order valence-corrected chi connectivity index (χ2v) is 6.63. The Kier molecular flexibility index (Phi) is 4.54. The largest absolute Gasteiger partial charge is 0.384 e. The Morgan fingerprint density at radius 1 is 1.37 bits per heavy atom. The number of nitrogen functional groups attached to an aromatic ring is 1. The summed E-state index contributed by atoms with van der Waals surface area (Å²) < 4.78 is 2.25. The molecule has 0 saturated heterocycles. The number of nitrogens with two attached hydrogens (primary N) is 1. The van der Waals surface area contributed by atoms with Crippen LogP contribution in [0.2, 0.25) is 0 Å². The molecule has 1 fully saturated rings. The van der Waals surface area contributed by atoms with Crippen molar-refractivity contribution >= 4 is 5.82 Å². The predicted octanol–water partition coefficient (Wildman–Crippen LogP) is 3.98. The van der Waals surface area contributed by atoms with Gasteiger partial charge in [-0.15, -0.1) is 0 Å². The van der Waals surface area contributed by atoms with Crippen molar-refractivity contribution in [2.45, 2.75) is 72.3 Å². The Hall–Kier alpha value is -0.990. The minimum absolute atomic E-state index is 0.586. The normalized spacial score (nSPS) is 24.1. The summed E-state index contributed by atoms with van der Waals surface area (Å²) in [7, 11) is 0. The molecule has 1 aromatic rings. The van der Waals surface area contributed by atoms with E-state index in [0.717, 1.165) is 24.7 Å². The number of aromatic nitrogens is 2. The summed E-state index contributed by atoms with van der Waals surface area (Å²) in [5.41, 5.74) is 7.59. The molecule has 0 radical (unpaired) electrons. The highest BCUT2D eigenvalue weighted by molar-refractivity contribution is 5.41. The third-order valence-corrected chi connectivity index (χ3v) is 4.30. The van der Waals surface area contributed by atoms with Gasteiger partial charge in [-0.25, -0.2) is 4.98 Å². The SMILES string of the molecule is CCc1nc(C2CCCC(C)C2)c(N)n1CC(C)C. The molecule has 2 rings (SSSR count). The minimum atomic E-state index is 0.586. The van der Waals surface area contributed by atoms with Crippen LogP contribution in [0.25, 0.3) is 0 Å². The Morgan fingerprint density at radius 3 is 2.68 bits per heavy atom. The molecule has 1 aromatic heterocycles. The van der Waals surface area contributed by atoms with E-state index < -0.39 is 0 Å². The Balaban J connectivity index is 2.27. The van der Waals surface area contributed by atoms with Gasteiger partial charge in [-0.1, -0.05) is 40.5 Å². The summed E-state index contributed by atoms with van der Waals surface area (Å²) in [6, 6.07) is 0. The first kappa shape index (κ1) is 14.4. The molecular weight excluding hydrogens is 234 g/mol. The molecule has 1 aliphatic rings. The number of aryl methyl sites for hydroxylation is 1. The molecule has 1 saturated carbocycles. The lowest BCUT2D eigenvalue weighted by Crippen LogP contribution is -2.14. The molecule has 3 nitrogen and oxygen atoms in total. The zero-order valence-corrected chi connectivity index (χ0v) is 12.9. The van der Waals surface area contributed by atoms with Gasteiger partial charge in [0.25, 0.3) is 0 Å². The summed E-state index contributed by atoms with van der Waals surface area (Å²) in [6.45, 7) is 9.99. The van der Waals surface area contributed by atoms with Crippen molar-refractivity contribution in [3.05, 3.63) is 11.5 Å². The van der Waals surface area contributed by atoms with Crippen LogP contribution >= 0.6 is 0 Å². The highest BCUT2D eigenvalue weighted by atomic mass is 15.1. The van der Waals surface area contributed by atoms with Crippen molar-refractivity contribution in [3.63, 3.8) is 0 Å². The van der Waals surface area contributed by atoms with Gasteiger partial charge < -0.3 is 10.3 Å². The molecule has 0 spiro atoms. The third-order valence-electron chi connectivity index (χ3n) is 4.30. The Labute approximate surface area is 117 Å². The molecule has 19 heavy (non-hydrogen) atoms. The second-order valence-electron chi connectivity index (χ2n) is 6.63. The molecular formula is C16H29N3. The number of hydrogen-bond donors (Lipinski definition) is 1. The van der Waals surface area contributed by atoms with E-state index in [1.165, 1.54) is 37.2 Å². The molecule has 1 aliphatic carbocycles. The van der Waals surface area contributed by atoms with E-state index in [1.54, 1.807) is 0 Å². The fourth-order valence-corrected chi connectivity index (χ4v) is 3.36. The molecule has 2 atom stereocenters. The highest BCUT2D eigenvalue weighted by Crippen LogP contribution is 2.38. The lowest BCUT2D eigenvalue weighted by Gasteiger charge is -2.25. The molecule has 2 unspecified atom stereocenters. The lowest BCUT2D eigenvalue weighted by molar-refractivity contribution is 0.341.